The molecular weight excluding hydrogens is 202 g/mol. The average molecular weight is 215 g/mol. The van der Waals surface area contributed by atoms with Crippen LogP contribution in [0.25, 0.3) is 0 Å². The number of hydrogen-bond donors (Lipinski definition) is 1. The monoisotopic (exact) mass is 215 g/mol. The minimum Gasteiger partial charge on any atom is -0.381 e. The number of carbonyl (C=O) groups excluding carboxylic acids is 3. The number of hydroxylamine groups is 2. The molecule has 1 atom stereocenters. The van der Waals surface area contributed by atoms with Crippen LogP contribution in [0.1, 0.15) is 32.6 Å². The van der Waals surface area contributed by atoms with Crippen LogP contribution < -0.4 is 0 Å². The van der Waals surface area contributed by atoms with E-state index in [1.54, 1.807) is 6.92 Å². The van der Waals surface area contributed by atoms with Crippen LogP contribution in [0.2, 0.25) is 0 Å². The highest BCUT2D eigenvalue weighted by atomic mass is 16.7. The van der Waals surface area contributed by atoms with E-state index in [9.17, 15) is 19.5 Å². The van der Waals surface area contributed by atoms with E-state index >= 15 is 0 Å². The summed E-state index contributed by atoms with van der Waals surface area (Å²) in [5.74, 6) is -2.05. The van der Waals surface area contributed by atoms with Crippen LogP contribution in [0, 0.1) is 0 Å². The molecule has 1 N–H and O–H groups in total. The summed E-state index contributed by atoms with van der Waals surface area (Å²) in [5, 5.41) is 9.66. The summed E-state index contributed by atoms with van der Waals surface area (Å²) in [5.41, 5.74) is 0. The van der Waals surface area contributed by atoms with Crippen molar-refractivity contribution in [1.82, 2.24) is 5.06 Å². The smallest absolute Gasteiger partial charge is 0.361 e. The molecular formula is C9H13NO5. The highest BCUT2D eigenvalue weighted by molar-refractivity contribution is 6.01. The SMILES string of the molecule is CCCC(O)C(=O)ON1C(=O)CCC1=O. The van der Waals surface area contributed by atoms with E-state index in [4.69, 9.17) is 0 Å². The molecule has 6 heteroatoms. The molecule has 84 valence electrons. The van der Waals surface area contributed by atoms with Crippen LogP contribution in [0.4, 0.5) is 0 Å². The Labute approximate surface area is 86.8 Å². The van der Waals surface area contributed by atoms with E-state index in [0.29, 0.717) is 11.5 Å². The van der Waals surface area contributed by atoms with Crippen molar-refractivity contribution in [2.24, 2.45) is 0 Å². The number of carbonyl (C=O) groups is 3. The van der Waals surface area contributed by atoms with Gasteiger partial charge in [-0.25, -0.2) is 4.79 Å². The predicted molar refractivity (Wildman–Crippen MR) is 48.1 cm³/mol. The third-order valence-corrected chi connectivity index (χ3v) is 2.02. The Hall–Kier alpha value is -1.43. The number of aliphatic hydroxyl groups is 1. The number of hydrogen-bond acceptors (Lipinski definition) is 5. The molecule has 0 aromatic heterocycles. The van der Waals surface area contributed by atoms with Crippen molar-refractivity contribution in [1.29, 1.82) is 0 Å². The van der Waals surface area contributed by atoms with Crippen LogP contribution in [-0.4, -0.2) is 34.1 Å². The minimum atomic E-state index is -1.28. The molecule has 1 saturated heterocycles. The fourth-order valence-corrected chi connectivity index (χ4v) is 1.20. The molecule has 1 rings (SSSR count). The molecule has 1 heterocycles. The summed E-state index contributed by atoms with van der Waals surface area (Å²) in [7, 11) is 0. The van der Waals surface area contributed by atoms with E-state index in [1.807, 2.05) is 0 Å². The molecule has 0 bridgehead atoms. The summed E-state index contributed by atoms with van der Waals surface area (Å²) in [6, 6.07) is 0. The van der Waals surface area contributed by atoms with Crippen molar-refractivity contribution in [2.45, 2.75) is 38.7 Å². The van der Waals surface area contributed by atoms with Crippen LogP contribution in [-0.2, 0) is 19.2 Å². The first-order chi connectivity index (χ1) is 7.06. The lowest BCUT2D eigenvalue weighted by atomic mass is 10.2. The third-order valence-electron chi connectivity index (χ3n) is 2.02. The molecule has 0 radical (unpaired) electrons. The zero-order valence-corrected chi connectivity index (χ0v) is 8.43. The maximum absolute atomic E-state index is 11.2. The summed E-state index contributed by atoms with van der Waals surface area (Å²) >= 11 is 0. The largest absolute Gasteiger partial charge is 0.381 e. The Morgan fingerprint density at radius 2 is 2.00 bits per heavy atom. The Kier molecular flexibility index (Phi) is 3.79. The van der Waals surface area contributed by atoms with Crippen molar-refractivity contribution >= 4 is 17.8 Å². The van der Waals surface area contributed by atoms with Crippen LogP contribution in [0.15, 0.2) is 0 Å². The van der Waals surface area contributed by atoms with Gasteiger partial charge in [-0.1, -0.05) is 13.3 Å². The molecule has 1 aliphatic heterocycles. The molecule has 0 aromatic carbocycles. The number of nitrogens with zero attached hydrogens (tertiary/aromatic N) is 1. The van der Waals surface area contributed by atoms with Crippen molar-refractivity contribution in [3.63, 3.8) is 0 Å². The first kappa shape index (κ1) is 11.6. The van der Waals surface area contributed by atoms with E-state index in [1.165, 1.54) is 0 Å². The van der Waals surface area contributed by atoms with Gasteiger partial charge in [-0.3, -0.25) is 9.59 Å². The van der Waals surface area contributed by atoms with Gasteiger partial charge in [0.05, 0.1) is 0 Å². The fourth-order valence-electron chi connectivity index (χ4n) is 1.20. The first-order valence-electron chi connectivity index (χ1n) is 4.82. The molecule has 0 saturated carbocycles. The second-order valence-electron chi connectivity index (χ2n) is 3.30. The van der Waals surface area contributed by atoms with Gasteiger partial charge >= 0.3 is 5.97 Å². The molecule has 0 spiro atoms. The summed E-state index contributed by atoms with van der Waals surface area (Å²) < 4.78 is 0. The van der Waals surface area contributed by atoms with Gasteiger partial charge in [0.15, 0.2) is 6.10 Å². The lowest BCUT2D eigenvalue weighted by Gasteiger charge is -2.14. The van der Waals surface area contributed by atoms with Gasteiger partial charge in [0.2, 0.25) is 0 Å². The highest BCUT2D eigenvalue weighted by Gasteiger charge is 2.34. The second kappa shape index (κ2) is 4.88. The van der Waals surface area contributed by atoms with E-state index in [2.05, 4.69) is 4.84 Å². The molecule has 1 aliphatic rings. The number of imide groups is 1. The highest BCUT2D eigenvalue weighted by Crippen LogP contribution is 2.13. The van der Waals surface area contributed by atoms with E-state index in [0.717, 1.165) is 0 Å². The second-order valence-corrected chi connectivity index (χ2v) is 3.30. The molecule has 1 unspecified atom stereocenters. The van der Waals surface area contributed by atoms with Crippen molar-refractivity contribution in [2.75, 3.05) is 0 Å². The standard InChI is InChI=1S/C9H13NO5/c1-2-3-6(11)9(14)15-10-7(12)4-5-8(10)13/h6,11H,2-5H2,1H3. The molecule has 6 nitrogen and oxygen atoms in total. The van der Waals surface area contributed by atoms with Crippen LogP contribution >= 0.6 is 0 Å². The molecule has 1 fully saturated rings. The normalized spacial score (nSPS) is 18.1. The molecule has 15 heavy (non-hydrogen) atoms. The lowest BCUT2D eigenvalue weighted by molar-refractivity contribution is -0.203. The van der Waals surface area contributed by atoms with Gasteiger partial charge in [0.1, 0.15) is 0 Å². The number of aliphatic hydroxyl groups excluding tert-OH is 1. The van der Waals surface area contributed by atoms with E-state index in [-0.39, 0.29) is 19.3 Å². The number of amides is 2. The van der Waals surface area contributed by atoms with Gasteiger partial charge < -0.3 is 9.94 Å². The molecule has 2 amide bonds. The van der Waals surface area contributed by atoms with Crippen LogP contribution in [0.3, 0.4) is 0 Å². The summed E-state index contributed by atoms with van der Waals surface area (Å²) in [6.07, 6.45) is -0.324. The molecule has 0 aromatic rings. The van der Waals surface area contributed by atoms with E-state index < -0.39 is 23.9 Å². The Bertz CT molecular complexity index is 272. The zero-order chi connectivity index (χ0) is 11.4. The van der Waals surface area contributed by atoms with Crippen molar-refractivity contribution < 1.29 is 24.3 Å². The summed E-state index contributed by atoms with van der Waals surface area (Å²) in [4.78, 5) is 37.8. The van der Waals surface area contributed by atoms with Gasteiger partial charge in [-0.15, -0.1) is 5.06 Å². The van der Waals surface area contributed by atoms with Gasteiger partial charge in [-0.05, 0) is 6.42 Å². The lowest BCUT2D eigenvalue weighted by Crippen LogP contribution is -2.36. The maximum Gasteiger partial charge on any atom is 0.361 e. The third kappa shape index (κ3) is 2.76. The maximum atomic E-state index is 11.2. The Morgan fingerprint density at radius 1 is 1.47 bits per heavy atom. The van der Waals surface area contributed by atoms with Crippen molar-refractivity contribution in [3.8, 4) is 0 Å². The van der Waals surface area contributed by atoms with Gasteiger partial charge in [0, 0.05) is 12.8 Å². The van der Waals surface area contributed by atoms with Crippen molar-refractivity contribution in [3.05, 3.63) is 0 Å². The Balaban J connectivity index is 2.50. The number of rotatable bonds is 4. The predicted octanol–water partition coefficient (Wildman–Crippen LogP) is -0.245. The van der Waals surface area contributed by atoms with Gasteiger partial charge in [-0.2, -0.15) is 0 Å². The molecule has 0 aliphatic carbocycles. The summed E-state index contributed by atoms with van der Waals surface area (Å²) in [6.45, 7) is 1.79. The van der Waals surface area contributed by atoms with Crippen LogP contribution in [0.5, 0.6) is 0 Å². The Morgan fingerprint density at radius 3 is 2.47 bits per heavy atom. The first-order valence-corrected chi connectivity index (χ1v) is 4.82. The minimum absolute atomic E-state index is 0.0516. The van der Waals surface area contributed by atoms with Gasteiger partial charge in [0.25, 0.3) is 11.8 Å². The average Bonchev–Trinajstić information content (AvgIpc) is 2.49. The fraction of sp³-hybridized carbons (Fsp3) is 0.667. The topological polar surface area (TPSA) is 83.9 Å². The zero-order valence-electron chi connectivity index (χ0n) is 8.43. The quantitative estimate of drug-likeness (QED) is 0.654.